The molecule has 0 spiro atoms. The first-order valence-corrected chi connectivity index (χ1v) is 11.8. The Morgan fingerprint density at radius 1 is 1.00 bits per heavy atom. The van der Waals surface area contributed by atoms with Gasteiger partial charge in [-0.05, 0) is 47.4 Å². The molecule has 0 radical (unpaired) electrons. The molecule has 0 amide bonds. The molecule has 0 atom stereocenters. The highest BCUT2D eigenvalue weighted by molar-refractivity contribution is 7.92. The van der Waals surface area contributed by atoms with E-state index in [1.54, 1.807) is 60.5 Å². The van der Waals surface area contributed by atoms with Gasteiger partial charge in [0, 0.05) is 17.6 Å². The third-order valence-corrected chi connectivity index (χ3v) is 6.77. The fraction of sp³-hybridized carbons (Fsp3) is 0.217. The van der Waals surface area contributed by atoms with E-state index in [9.17, 15) is 8.42 Å². The Hall–Kier alpha value is -3.10. The van der Waals surface area contributed by atoms with Crippen molar-refractivity contribution in [1.29, 1.82) is 0 Å². The lowest BCUT2D eigenvalue weighted by Crippen LogP contribution is -2.15. The van der Waals surface area contributed by atoms with E-state index in [2.05, 4.69) is 35.7 Å². The minimum Gasteiger partial charge on any atom is -0.472 e. The summed E-state index contributed by atoms with van der Waals surface area (Å²) in [6, 6.07) is 13.6. The first kappa shape index (κ1) is 22.1. The number of sulfonamides is 1. The van der Waals surface area contributed by atoms with Crippen LogP contribution in [0.4, 0.5) is 5.69 Å². The summed E-state index contributed by atoms with van der Waals surface area (Å²) in [4.78, 5) is 0.170. The Morgan fingerprint density at radius 2 is 1.69 bits per heavy atom. The molecular weight excluding hydrogens is 448 g/mol. The summed E-state index contributed by atoms with van der Waals surface area (Å²) in [6.07, 6.45) is 3.12. The summed E-state index contributed by atoms with van der Waals surface area (Å²) in [5, 5.41) is 8.94. The van der Waals surface area contributed by atoms with Gasteiger partial charge in [-0.15, -0.1) is 10.2 Å². The fourth-order valence-corrected chi connectivity index (χ4v) is 4.59. The normalized spacial score (nSPS) is 12.2. The summed E-state index contributed by atoms with van der Waals surface area (Å²) in [6.45, 7) is 6.23. The van der Waals surface area contributed by atoms with Crippen molar-refractivity contribution in [2.24, 2.45) is 7.05 Å². The lowest BCUT2D eigenvalue weighted by Gasteiger charge is -2.19. The quantitative estimate of drug-likeness (QED) is 0.416. The third kappa shape index (κ3) is 4.28. The summed E-state index contributed by atoms with van der Waals surface area (Å²) in [5.41, 5.74) is 2.60. The van der Waals surface area contributed by atoms with Gasteiger partial charge >= 0.3 is 0 Å². The molecule has 0 aliphatic heterocycles. The van der Waals surface area contributed by atoms with Crippen molar-refractivity contribution in [3.8, 4) is 22.8 Å². The Bertz CT molecular complexity index is 1350. The number of benzene rings is 2. The van der Waals surface area contributed by atoms with Crippen molar-refractivity contribution in [3.63, 3.8) is 0 Å². The fourth-order valence-electron chi connectivity index (χ4n) is 3.34. The number of aromatic nitrogens is 3. The standard InChI is InChI=1S/C23H23ClN4O3S/c1-23(2,3)16-5-8-18(9-6-16)32(29,30)27-20-10-7-17(24)13-19(20)22-26-25-21(28(22)4)15-11-12-31-14-15/h5-14,27H,1-4H3. The van der Waals surface area contributed by atoms with Gasteiger partial charge in [0.05, 0.1) is 22.4 Å². The van der Waals surface area contributed by atoms with Gasteiger partial charge in [-0.1, -0.05) is 44.5 Å². The molecule has 0 saturated heterocycles. The third-order valence-electron chi connectivity index (χ3n) is 5.15. The first-order valence-electron chi connectivity index (χ1n) is 9.91. The molecule has 4 aromatic rings. The summed E-state index contributed by atoms with van der Waals surface area (Å²) in [7, 11) is -2.04. The van der Waals surface area contributed by atoms with Crippen molar-refractivity contribution >= 4 is 27.3 Å². The maximum atomic E-state index is 13.1. The molecule has 0 fully saturated rings. The van der Waals surface area contributed by atoms with Crippen LogP contribution in [0.25, 0.3) is 22.8 Å². The Morgan fingerprint density at radius 3 is 2.31 bits per heavy atom. The van der Waals surface area contributed by atoms with Gasteiger partial charge in [0.25, 0.3) is 10.0 Å². The molecule has 32 heavy (non-hydrogen) atoms. The molecule has 0 unspecified atom stereocenters. The van der Waals surface area contributed by atoms with Gasteiger partial charge < -0.3 is 8.98 Å². The SMILES string of the molecule is Cn1c(-c2ccoc2)nnc1-c1cc(Cl)ccc1NS(=O)(=O)c1ccc(C(C)(C)C)cc1. The molecule has 0 bridgehead atoms. The van der Waals surface area contributed by atoms with Crippen LogP contribution >= 0.6 is 11.6 Å². The van der Waals surface area contributed by atoms with Crippen LogP contribution in [0.1, 0.15) is 26.3 Å². The highest BCUT2D eigenvalue weighted by Crippen LogP contribution is 2.33. The van der Waals surface area contributed by atoms with E-state index in [-0.39, 0.29) is 10.3 Å². The average Bonchev–Trinajstić information content (AvgIpc) is 3.38. The smallest absolute Gasteiger partial charge is 0.261 e. The van der Waals surface area contributed by atoms with E-state index in [1.165, 1.54) is 0 Å². The van der Waals surface area contributed by atoms with E-state index >= 15 is 0 Å². The molecule has 4 rings (SSSR count). The number of anilines is 1. The van der Waals surface area contributed by atoms with Gasteiger partial charge in [-0.25, -0.2) is 8.42 Å². The van der Waals surface area contributed by atoms with Crippen LogP contribution in [-0.2, 0) is 22.5 Å². The van der Waals surface area contributed by atoms with E-state index in [0.717, 1.165) is 11.1 Å². The highest BCUT2D eigenvalue weighted by Gasteiger charge is 2.22. The Kier molecular flexibility index (Phi) is 5.60. The first-order chi connectivity index (χ1) is 15.1. The minimum atomic E-state index is -3.83. The number of hydrogen-bond acceptors (Lipinski definition) is 5. The maximum absolute atomic E-state index is 13.1. The monoisotopic (exact) mass is 470 g/mol. The van der Waals surface area contributed by atoms with Crippen LogP contribution < -0.4 is 4.72 Å². The lowest BCUT2D eigenvalue weighted by molar-refractivity contribution is 0.567. The molecular formula is C23H23ClN4O3S. The van der Waals surface area contributed by atoms with Crippen molar-refractivity contribution in [3.05, 3.63) is 71.6 Å². The zero-order valence-corrected chi connectivity index (χ0v) is 19.7. The topological polar surface area (TPSA) is 90.0 Å². The van der Waals surface area contributed by atoms with Crippen LogP contribution in [0, 0.1) is 0 Å². The van der Waals surface area contributed by atoms with Gasteiger partial charge in [0.15, 0.2) is 11.6 Å². The second-order valence-electron chi connectivity index (χ2n) is 8.49. The van der Waals surface area contributed by atoms with Gasteiger partial charge in [-0.3, -0.25) is 4.72 Å². The van der Waals surface area contributed by atoms with Crippen LogP contribution in [0.15, 0.2) is 70.4 Å². The molecule has 2 aromatic carbocycles. The van der Waals surface area contributed by atoms with Crippen LogP contribution in [0.2, 0.25) is 5.02 Å². The van der Waals surface area contributed by atoms with Crippen LogP contribution in [-0.4, -0.2) is 23.2 Å². The minimum absolute atomic E-state index is 0.0725. The van der Waals surface area contributed by atoms with Gasteiger partial charge in [0.1, 0.15) is 6.26 Å². The number of hydrogen-bond donors (Lipinski definition) is 1. The van der Waals surface area contributed by atoms with Crippen LogP contribution in [0.5, 0.6) is 0 Å². The molecule has 0 saturated carbocycles. The average molecular weight is 471 g/mol. The molecule has 7 nitrogen and oxygen atoms in total. The maximum Gasteiger partial charge on any atom is 0.261 e. The lowest BCUT2D eigenvalue weighted by atomic mass is 9.87. The summed E-state index contributed by atoms with van der Waals surface area (Å²) in [5.74, 6) is 1.05. The molecule has 0 aliphatic rings. The molecule has 0 aliphatic carbocycles. The molecule has 2 heterocycles. The van der Waals surface area contributed by atoms with E-state index in [4.69, 9.17) is 16.0 Å². The predicted molar refractivity (Wildman–Crippen MR) is 125 cm³/mol. The zero-order chi connectivity index (χ0) is 23.1. The van der Waals surface area contributed by atoms with Gasteiger partial charge in [0.2, 0.25) is 0 Å². The van der Waals surface area contributed by atoms with E-state index < -0.39 is 10.0 Å². The Balaban J connectivity index is 1.72. The van der Waals surface area contributed by atoms with Crippen molar-refractivity contribution in [1.82, 2.24) is 14.8 Å². The summed E-state index contributed by atoms with van der Waals surface area (Å²) < 4.78 is 35.8. The van der Waals surface area contributed by atoms with Crippen molar-refractivity contribution in [2.75, 3.05) is 4.72 Å². The molecule has 1 N–H and O–H groups in total. The second-order valence-corrected chi connectivity index (χ2v) is 10.6. The number of halogens is 1. The van der Waals surface area contributed by atoms with Crippen LogP contribution in [0.3, 0.4) is 0 Å². The predicted octanol–water partition coefficient (Wildman–Crippen LogP) is 5.49. The van der Waals surface area contributed by atoms with E-state index in [1.807, 2.05) is 12.1 Å². The largest absolute Gasteiger partial charge is 0.472 e. The van der Waals surface area contributed by atoms with Crippen molar-refractivity contribution in [2.45, 2.75) is 31.1 Å². The zero-order valence-electron chi connectivity index (χ0n) is 18.1. The highest BCUT2D eigenvalue weighted by atomic mass is 35.5. The second kappa shape index (κ2) is 8.11. The number of rotatable bonds is 5. The Labute approximate surface area is 192 Å². The number of nitrogens with zero attached hydrogens (tertiary/aromatic N) is 3. The van der Waals surface area contributed by atoms with Crippen molar-refractivity contribution < 1.29 is 12.8 Å². The summed E-state index contributed by atoms with van der Waals surface area (Å²) >= 11 is 6.22. The molecule has 2 aromatic heterocycles. The van der Waals surface area contributed by atoms with E-state index in [0.29, 0.717) is 27.9 Å². The molecule has 166 valence electrons. The number of furan rings is 1. The molecule has 9 heteroatoms. The number of nitrogens with one attached hydrogen (secondary N) is 1. The van der Waals surface area contributed by atoms with Gasteiger partial charge in [-0.2, -0.15) is 0 Å².